The number of hydrogen-bond acceptors (Lipinski definition) is 7. The lowest BCUT2D eigenvalue weighted by molar-refractivity contribution is -0.0298. The molecule has 1 aliphatic rings. The van der Waals surface area contributed by atoms with E-state index in [4.69, 9.17) is 14.2 Å². The summed E-state index contributed by atoms with van der Waals surface area (Å²) in [5.41, 5.74) is 1.42. The summed E-state index contributed by atoms with van der Waals surface area (Å²) in [6.07, 6.45) is 3.48. The molecule has 1 fully saturated rings. The molecule has 1 N–H and O–H groups in total. The number of nitrogens with zero attached hydrogens (tertiary/aromatic N) is 4. The Morgan fingerprint density at radius 3 is 2.85 bits per heavy atom. The number of para-hydroxylation sites is 1. The molecule has 4 rings (SSSR count). The zero-order chi connectivity index (χ0) is 18.8. The lowest BCUT2D eigenvalue weighted by atomic mass is 10.2. The van der Waals surface area contributed by atoms with Crippen molar-refractivity contribution in [1.82, 2.24) is 19.5 Å². The summed E-state index contributed by atoms with van der Waals surface area (Å²) in [4.78, 5) is 12.2. The third-order valence-corrected chi connectivity index (χ3v) is 4.52. The maximum absolute atomic E-state index is 14.2. The first-order valence-electron chi connectivity index (χ1n) is 8.71. The van der Waals surface area contributed by atoms with Crippen LogP contribution in [0, 0.1) is 6.08 Å². The second-order valence-corrected chi connectivity index (χ2v) is 6.15. The Morgan fingerprint density at radius 2 is 2.11 bits per heavy atom. The molecule has 27 heavy (non-hydrogen) atoms. The first-order chi connectivity index (χ1) is 13.2. The van der Waals surface area contributed by atoms with Gasteiger partial charge in [0.05, 0.1) is 26.2 Å². The van der Waals surface area contributed by atoms with E-state index >= 15 is 0 Å². The van der Waals surface area contributed by atoms with Crippen LogP contribution in [-0.4, -0.2) is 40.3 Å². The Kier molecular flexibility index (Phi) is 4.76. The highest BCUT2D eigenvalue weighted by molar-refractivity contribution is 5.86. The average molecular weight is 373 g/mol. The maximum atomic E-state index is 14.2. The third-order valence-electron chi connectivity index (χ3n) is 4.52. The number of hydrogen-bond donors (Lipinski definition) is 1. The largest absolute Gasteiger partial charge is 0.493 e. The number of methoxy groups -OCH3 is 2. The molecule has 9 heteroatoms. The highest BCUT2D eigenvalue weighted by Crippen LogP contribution is 2.37. The van der Waals surface area contributed by atoms with Crippen molar-refractivity contribution in [3.63, 3.8) is 0 Å². The molecule has 0 saturated carbocycles. The predicted octanol–water partition coefficient (Wildman–Crippen LogP) is 3.43. The summed E-state index contributed by atoms with van der Waals surface area (Å²) in [7, 11) is 3.09. The number of imidazole rings is 1. The Balaban J connectivity index is 1.76. The van der Waals surface area contributed by atoms with Gasteiger partial charge in [0.1, 0.15) is 6.23 Å². The zero-order valence-electron chi connectivity index (χ0n) is 15.1. The molecule has 1 aliphatic heterocycles. The molecule has 142 valence electrons. The minimum Gasteiger partial charge on any atom is -0.493 e. The number of aromatic nitrogens is 4. The van der Waals surface area contributed by atoms with E-state index in [-0.39, 0.29) is 12.0 Å². The lowest BCUT2D eigenvalue weighted by Gasteiger charge is -2.23. The Labute approximate surface area is 155 Å². The summed E-state index contributed by atoms with van der Waals surface area (Å²) in [5.74, 6) is 1.29. The van der Waals surface area contributed by atoms with Crippen LogP contribution in [0.5, 0.6) is 11.5 Å². The Bertz CT molecular complexity index is 956. The minimum absolute atomic E-state index is 0.197. The fraction of sp³-hybridized carbons (Fsp3) is 0.389. The summed E-state index contributed by atoms with van der Waals surface area (Å²) >= 11 is 0. The molecule has 3 aromatic rings. The SMILES string of the molecule is COc1cccc(Nc2nc(F)nc3c2ncn3C2CCCCO2)c1OC. The standard InChI is InChI=1S/C18H20FN5O3/c1-25-12-7-5-6-11(15(12)26-2)21-16-14-17(23-18(19)22-16)24(10-20-14)13-8-3-4-9-27-13/h5-7,10,13H,3-4,8-9H2,1-2H3,(H,21,22,23). The summed E-state index contributed by atoms with van der Waals surface area (Å²) < 4.78 is 32.4. The zero-order valence-corrected chi connectivity index (χ0v) is 15.1. The van der Waals surface area contributed by atoms with Gasteiger partial charge in [0.25, 0.3) is 0 Å². The molecule has 0 aliphatic carbocycles. The number of nitrogens with one attached hydrogen (secondary N) is 1. The van der Waals surface area contributed by atoms with Crippen LogP contribution < -0.4 is 14.8 Å². The van der Waals surface area contributed by atoms with Crippen LogP contribution in [0.1, 0.15) is 25.5 Å². The van der Waals surface area contributed by atoms with E-state index in [1.165, 1.54) is 7.11 Å². The maximum Gasteiger partial charge on any atom is 0.312 e. The Hall–Kier alpha value is -2.94. The number of ether oxygens (including phenoxy) is 3. The van der Waals surface area contributed by atoms with Crippen molar-refractivity contribution in [2.24, 2.45) is 0 Å². The van der Waals surface area contributed by atoms with Gasteiger partial charge in [-0.1, -0.05) is 6.07 Å². The van der Waals surface area contributed by atoms with Gasteiger partial charge in [-0.05, 0) is 31.4 Å². The monoisotopic (exact) mass is 373 g/mol. The highest BCUT2D eigenvalue weighted by atomic mass is 19.1. The van der Waals surface area contributed by atoms with Gasteiger partial charge in [-0.2, -0.15) is 14.4 Å². The fourth-order valence-corrected chi connectivity index (χ4v) is 3.24. The van der Waals surface area contributed by atoms with E-state index in [9.17, 15) is 4.39 Å². The molecule has 3 heterocycles. The lowest BCUT2D eigenvalue weighted by Crippen LogP contribution is -2.18. The van der Waals surface area contributed by atoms with Crippen LogP contribution >= 0.6 is 0 Å². The second kappa shape index (κ2) is 7.36. The first kappa shape index (κ1) is 17.5. The van der Waals surface area contributed by atoms with Crippen molar-refractivity contribution < 1.29 is 18.6 Å². The van der Waals surface area contributed by atoms with Gasteiger partial charge < -0.3 is 19.5 Å². The third kappa shape index (κ3) is 3.25. The Morgan fingerprint density at radius 1 is 1.22 bits per heavy atom. The molecule has 2 aromatic heterocycles. The normalized spacial score (nSPS) is 17.1. The second-order valence-electron chi connectivity index (χ2n) is 6.15. The van der Waals surface area contributed by atoms with Crippen molar-refractivity contribution in [1.29, 1.82) is 0 Å². The fourth-order valence-electron chi connectivity index (χ4n) is 3.24. The van der Waals surface area contributed by atoms with Crippen LogP contribution in [0.2, 0.25) is 0 Å². The van der Waals surface area contributed by atoms with Gasteiger partial charge in [-0.15, -0.1) is 0 Å². The quantitative estimate of drug-likeness (QED) is 0.686. The van der Waals surface area contributed by atoms with Crippen LogP contribution in [0.25, 0.3) is 11.2 Å². The number of rotatable bonds is 5. The summed E-state index contributed by atoms with van der Waals surface area (Å²) in [6, 6.07) is 5.36. The van der Waals surface area contributed by atoms with Crippen molar-refractivity contribution in [2.45, 2.75) is 25.5 Å². The highest BCUT2D eigenvalue weighted by Gasteiger charge is 2.22. The van der Waals surface area contributed by atoms with E-state index in [0.717, 1.165) is 19.3 Å². The van der Waals surface area contributed by atoms with Gasteiger partial charge in [0.2, 0.25) is 0 Å². The average Bonchev–Trinajstić information content (AvgIpc) is 3.12. The molecular weight excluding hydrogens is 353 g/mol. The van der Waals surface area contributed by atoms with E-state index < -0.39 is 6.08 Å². The van der Waals surface area contributed by atoms with E-state index in [2.05, 4.69) is 20.3 Å². The van der Waals surface area contributed by atoms with Crippen molar-refractivity contribution in [3.8, 4) is 11.5 Å². The molecule has 0 radical (unpaired) electrons. The van der Waals surface area contributed by atoms with Crippen LogP contribution in [0.4, 0.5) is 15.9 Å². The number of fused-ring (bicyclic) bond motifs is 1. The van der Waals surface area contributed by atoms with Gasteiger partial charge in [0, 0.05) is 6.61 Å². The van der Waals surface area contributed by atoms with Crippen molar-refractivity contribution in [3.05, 3.63) is 30.6 Å². The molecule has 0 amide bonds. The van der Waals surface area contributed by atoms with Crippen molar-refractivity contribution in [2.75, 3.05) is 26.1 Å². The molecule has 1 atom stereocenters. The van der Waals surface area contributed by atoms with Crippen LogP contribution in [0.15, 0.2) is 24.5 Å². The van der Waals surface area contributed by atoms with E-state index in [0.29, 0.717) is 35.0 Å². The minimum atomic E-state index is -0.843. The smallest absolute Gasteiger partial charge is 0.312 e. The van der Waals surface area contributed by atoms with Gasteiger partial charge >= 0.3 is 6.08 Å². The van der Waals surface area contributed by atoms with E-state index in [1.54, 1.807) is 36.2 Å². The molecule has 1 unspecified atom stereocenters. The number of halogens is 1. The van der Waals surface area contributed by atoms with Crippen LogP contribution in [0.3, 0.4) is 0 Å². The molecule has 0 bridgehead atoms. The summed E-state index contributed by atoms with van der Waals surface area (Å²) in [5, 5.41) is 3.09. The molecule has 1 saturated heterocycles. The van der Waals surface area contributed by atoms with Gasteiger partial charge in [-0.25, -0.2) is 4.98 Å². The van der Waals surface area contributed by atoms with Gasteiger partial charge in [0.15, 0.2) is 28.5 Å². The molecule has 0 spiro atoms. The molecular formula is C18H20FN5O3. The van der Waals surface area contributed by atoms with Crippen molar-refractivity contribution >= 4 is 22.7 Å². The van der Waals surface area contributed by atoms with Gasteiger partial charge in [-0.3, -0.25) is 4.57 Å². The molecule has 1 aromatic carbocycles. The number of benzene rings is 1. The van der Waals surface area contributed by atoms with E-state index in [1.807, 2.05) is 0 Å². The summed E-state index contributed by atoms with van der Waals surface area (Å²) in [6.45, 7) is 0.671. The topological polar surface area (TPSA) is 83.3 Å². The van der Waals surface area contributed by atoms with Crippen LogP contribution in [-0.2, 0) is 4.74 Å². The first-order valence-corrected chi connectivity index (χ1v) is 8.71. The molecule has 8 nitrogen and oxygen atoms in total. The predicted molar refractivity (Wildman–Crippen MR) is 96.9 cm³/mol. The number of anilines is 2.